The highest BCUT2D eigenvalue weighted by Crippen LogP contribution is 2.24. The molecule has 6 rings (SSSR count). The van der Waals surface area contributed by atoms with Crippen molar-refractivity contribution in [3.05, 3.63) is 131 Å². The predicted octanol–water partition coefficient (Wildman–Crippen LogP) is 7.66. The quantitative estimate of drug-likeness (QED) is 0.120. The maximum Gasteiger partial charge on any atom is 0.255 e. The molecule has 0 bridgehead atoms. The van der Waals surface area contributed by atoms with Crippen LogP contribution in [0.25, 0.3) is 22.6 Å². The summed E-state index contributed by atoms with van der Waals surface area (Å²) in [5, 5.41) is 10.8. The van der Waals surface area contributed by atoms with Crippen LogP contribution in [0.1, 0.15) is 27.2 Å². The van der Waals surface area contributed by atoms with Gasteiger partial charge in [-0.15, -0.1) is 5.10 Å². The number of carbonyl (C=O) groups is 1. The Kier molecular flexibility index (Phi) is 7.08. The van der Waals surface area contributed by atoms with Gasteiger partial charge in [0.2, 0.25) is 5.16 Å². The Morgan fingerprint density at radius 2 is 1.70 bits per heavy atom. The van der Waals surface area contributed by atoms with Crippen molar-refractivity contribution < 1.29 is 9.18 Å². The van der Waals surface area contributed by atoms with E-state index in [0.29, 0.717) is 28.1 Å². The first-order chi connectivity index (χ1) is 19.5. The van der Waals surface area contributed by atoms with Gasteiger partial charge >= 0.3 is 0 Å². The molecule has 0 aliphatic carbocycles. The number of hydrogen-bond donors (Lipinski definition) is 1. The number of allylic oxidation sites excluding steroid dienone is 1. The minimum atomic E-state index is -0.259. The highest BCUT2D eigenvalue weighted by atomic mass is 32.2. The van der Waals surface area contributed by atoms with Gasteiger partial charge in [0.1, 0.15) is 11.6 Å². The molecule has 0 atom stereocenters. The SMILES string of the molecule is Cc1cc(Nc2ccc(C(=O)/C=C/c3ccc4ccccc4c3)cc2)n2nc(SCc3ccc(F)cc3)nc2n1. The summed E-state index contributed by atoms with van der Waals surface area (Å²) in [6.07, 6.45) is 3.44. The van der Waals surface area contributed by atoms with Crippen molar-refractivity contribution in [2.75, 3.05) is 5.32 Å². The lowest BCUT2D eigenvalue weighted by Gasteiger charge is -2.09. The molecule has 6 nitrogen and oxygen atoms in total. The number of rotatable bonds is 8. The Labute approximate surface area is 234 Å². The molecule has 2 aromatic heterocycles. The summed E-state index contributed by atoms with van der Waals surface area (Å²) in [6.45, 7) is 1.90. The first-order valence-electron chi connectivity index (χ1n) is 12.7. The summed E-state index contributed by atoms with van der Waals surface area (Å²) >= 11 is 1.46. The van der Waals surface area contributed by atoms with Crippen LogP contribution >= 0.6 is 11.8 Å². The van der Waals surface area contributed by atoms with Gasteiger partial charge in [0.15, 0.2) is 5.78 Å². The fourth-order valence-corrected chi connectivity index (χ4v) is 5.07. The van der Waals surface area contributed by atoms with Crippen molar-refractivity contribution in [3.8, 4) is 0 Å². The number of aromatic nitrogens is 4. The highest BCUT2D eigenvalue weighted by molar-refractivity contribution is 7.98. The average molecular weight is 546 g/mol. The van der Waals surface area contributed by atoms with E-state index >= 15 is 0 Å². The monoisotopic (exact) mass is 545 g/mol. The minimum absolute atomic E-state index is 0.0686. The molecular weight excluding hydrogens is 521 g/mol. The Morgan fingerprint density at radius 3 is 2.50 bits per heavy atom. The van der Waals surface area contributed by atoms with Crippen molar-refractivity contribution in [1.82, 2.24) is 19.6 Å². The molecule has 4 aromatic carbocycles. The first-order valence-corrected chi connectivity index (χ1v) is 13.7. The Bertz CT molecular complexity index is 1860. The van der Waals surface area contributed by atoms with E-state index in [1.807, 2.05) is 49.4 Å². The zero-order chi connectivity index (χ0) is 27.5. The number of nitrogens with zero attached hydrogens (tertiary/aromatic N) is 4. The van der Waals surface area contributed by atoms with Crippen molar-refractivity contribution in [2.24, 2.45) is 0 Å². The number of fused-ring (bicyclic) bond motifs is 2. The fourth-order valence-electron chi connectivity index (χ4n) is 4.29. The molecule has 0 spiro atoms. The smallest absolute Gasteiger partial charge is 0.255 e. The summed E-state index contributed by atoms with van der Waals surface area (Å²) in [4.78, 5) is 21.8. The lowest BCUT2D eigenvalue weighted by Crippen LogP contribution is -2.03. The standard InChI is InChI=1S/C32H24FN5OS/c1-21-18-30(38-31(34-21)36-32(37-38)40-20-23-7-13-27(33)14-8-23)35-28-15-11-25(12-16-28)29(39)17-9-22-6-10-24-4-2-3-5-26(24)19-22/h2-19,35H,20H2,1H3/b17-9+. The molecule has 0 aliphatic heterocycles. The van der Waals surface area contributed by atoms with Gasteiger partial charge in [-0.25, -0.2) is 9.37 Å². The van der Waals surface area contributed by atoms with Crippen molar-refractivity contribution in [3.63, 3.8) is 0 Å². The lowest BCUT2D eigenvalue weighted by molar-refractivity contribution is 0.104. The van der Waals surface area contributed by atoms with Crippen molar-refractivity contribution in [2.45, 2.75) is 17.8 Å². The van der Waals surface area contributed by atoms with Crippen molar-refractivity contribution in [1.29, 1.82) is 0 Å². The molecule has 0 aliphatic rings. The van der Waals surface area contributed by atoms with Crippen LogP contribution in [0.2, 0.25) is 0 Å². The second-order valence-electron chi connectivity index (χ2n) is 9.31. The molecular formula is C32H24FN5OS. The lowest BCUT2D eigenvalue weighted by atomic mass is 10.1. The second-order valence-corrected chi connectivity index (χ2v) is 10.3. The number of anilines is 2. The molecule has 0 saturated carbocycles. The third-order valence-electron chi connectivity index (χ3n) is 6.34. The molecule has 2 heterocycles. The number of benzene rings is 4. The molecule has 0 radical (unpaired) electrons. The van der Waals surface area contributed by atoms with Crippen molar-refractivity contribution >= 4 is 51.7 Å². The van der Waals surface area contributed by atoms with Gasteiger partial charge in [0.25, 0.3) is 5.78 Å². The van der Waals surface area contributed by atoms with Crippen LogP contribution < -0.4 is 5.32 Å². The number of nitrogens with one attached hydrogen (secondary N) is 1. The van der Waals surface area contributed by atoms with E-state index in [1.54, 1.807) is 34.9 Å². The molecule has 8 heteroatoms. The maximum atomic E-state index is 13.2. The average Bonchev–Trinajstić information content (AvgIpc) is 3.39. The number of aryl methyl sites for hydroxylation is 1. The van der Waals surface area contributed by atoms with Gasteiger partial charge < -0.3 is 5.32 Å². The van der Waals surface area contributed by atoms with Crippen LogP contribution in [0.3, 0.4) is 0 Å². The van der Waals surface area contributed by atoms with Crippen LogP contribution in [0.15, 0.2) is 108 Å². The van der Waals surface area contributed by atoms with Gasteiger partial charge in [-0.2, -0.15) is 9.50 Å². The number of hydrogen-bond acceptors (Lipinski definition) is 6. The van der Waals surface area contributed by atoms with E-state index in [4.69, 9.17) is 0 Å². The second kappa shape index (κ2) is 11.1. The molecule has 0 saturated heterocycles. The molecule has 1 N–H and O–H groups in total. The Balaban J connectivity index is 1.15. The Hall–Kier alpha value is -4.82. The van der Waals surface area contributed by atoms with Crippen LogP contribution in [0.4, 0.5) is 15.9 Å². The van der Waals surface area contributed by atoms with Gasteiger partial charge in [-0.05, 0) is 77.4 Å². The number of thioether (sulfide) groups is 1. The molecule has 0 unspecified atom stereocenters. The van der Waals surface area contributed by atoms with Gasteiger partial charge in [-0.1, -0.05) is 66.4 Å². The largest absolute Gasteiger partial charge is 0.340 e. The third kappa shape index (κ3) is 5.77. The summed E-state index contributed by atoms with van der Waals surface area (Å²) < 4.78 is 14.8. The van der Waals surface area contributed by atoms with E-state index in [1.165, 1.54) is 29.3 Å². The summed E-state index contributed by atoms with van der Waals surface area (Å²) in [7, 11) is 0. The van der Waals surface area contributed by atoms with E-state index in [-0.39, 0.29) is 11.6 Å². The van der Waals surface area contributed by atoms with E-state index in [9.17, 15) is 9.18 Å². The van der Waals surface area contributed by atoms with E-state index in [0.717, 1.165) is 27.9 Å². The topological polar surface area (TPSA) is 72.2 Å². The summed E-state index contributed by atoms with van der Waals surface area (Å²) in [6, 6.07) is 29.9. The maximum absolute atomic E-state index is 13.2. The van der Waals surface area contributed by atoms with E-state index in [2.05, 4.69) is 44.6 Å². The molecule has 0 fully saturated rings. The van der Waals surface area contributed by atoms with Crippen LogP contribution in [-0.4, -0.2) is 25.4 Å². The first kappa shape index (κ1) is 25.5. The molecule has 196 valence electrons. The van der Waals surface area contributed by atoms with Gasteiger partial charge in [0, 0.05) is 28.8 Å². The third-order valence-corrected chi connectivity index (χ3v) is 7.25. The van der Waals surface area contributed by atoms with Gasteiger partial charge in [0.05, 0.1) is 0 Å². The normalized spacial score (nSPS) is 11.4. The summed E-state index contributed by atoms with van der Waals surface area (Å²) in [5.41, 5.74) is 4.15. The highest BCUT2D eigenvalue weighted by Gasteiger charge is 2.12. The molecule has 40 heavy (non-hydrogen) atoms. The van der Waals surface area contributed by atoms with Crippen LogP contribution in [-0.2, 0) is 5.75 Å². The minimum Gasteiger partial charge on any atom is -0.340 e. The predicted molar refractivity (Wildman–Crippen MR) is 159 cm³/mol. The fraction of sp³-hybridized carbons (Fsp3) is 0.0625. The Morgan fingerprint density at radius 1 is 0.925 bits per heavy atom. The molecule has 0 amide bonds. The number of carbonyl (C=O) groups excluding carboxylic acids is 1. The van der Waals surface area contributed by atoms with E-state index < -0.39 is 0 Å². The summed E-state index contributed by atoms with van der Waals surface area (Å²) in [5.74, 6) is 1.48. The zero-order valence-electron chi connectivity index (χ0n) is 21.6. The number of halogens is 1. The number of ketones is 1. The van der Waals surface area contributed by atoms with Crippen LogP contribution in [0.5, 0.6) is 0 Å². The van der Waals surface area contributed by atoms with Crippen LogP contribution in [0, 0.1) is 12.7 Å². The zero-order valence-corrected chi connectivity index (χ0v) is 22.4. The van der Waals surface area contributed by atoms with Gasteiger partial charge in [-0.3, -0.25) is 4.79 Å². The molecule has 6 aromatic rings.